The molecule has 1 aliphatic carbocycles. The van der Waals surface area contributed by atoms with Gasteiger partial charge < -0.3 is 25.2 Å². The molecule has 1 unspecified atom stereocenters. The number of fused-ring (bicyclic) bond motifs is 1. The number of aliphatic hydroxyl groups is 1. The van der Waals surface area contributed by atoms with Gasteiger partial charge in [0.05, 0.1) is 11.1 Å². The summed E-state index contributed by atoms with van der Waals surface area (Å²) in [7, 11) is 0. The van der Waals surface area contributed by atoms with E-state index in [1.807, 2.05) is 32.2 Å². The number of anilines is 2. The van der Waals surface area contributed by atoms with Crippen molar-refractivity contribution in [2.45, 2.75) is 82.3 Å². The minimum absolute atomic E-state index is 0.208. The van der Waals surface area contributed by atoms with E-state index in [1.165, 1.54) is 5.56 Å². The van der Waals surface area contributed by atoms with Crippen molar-refractivity contribution in [1.29, 1.82) is 0 Å². The lowest BCUT2D eigenvalue weighted by Crippen LogP contribution is -2.29. The van der Waals surface area contributed by atoms with E-state index >= 15 is 0 Å². The van der Waals surface area contributed by atoms with Gasteiger partial charge in [0.1, 0.15) is 16.5 Å². The number of thioether (sulfide) groups is 1. The van der Waals surface area contributed by atoms with Crippen molar-refractivity contribution in [2.24, 2.45) is 0 Å². The van der Waals surface area contributed by atoms with Crippen LogP contribution in [0.4, 0.5) is 11.8 Å². The molecule has 0 radical (unpaired) electrons. The van der Waals surface area contributed by atoms with Crippen LogP contribution in [0.3, 0.4) is 0 Å². The fourth-order valence-corrected chi connectivity index (χ4v) is 5.31. The Morgan fingerprint density at radius 2 is 1.91 bits per heavy atom. The molecule has 8 nitrogen and oxygen atoms in total. The van der Waals surface area contributed by atoms with Gasteiger partial charge in [-0.05, 0) is 63.5 Å². The predicted molar refractivity (Wildman–Crippen MR) is 135 cm³/mol. The average Bonchev–Trinajstić information content (AvgIpc) is 2.99. The molecule has 0 bridgehead atoms. The molecule has 1 atom stereocenters. The van der Waals surface area contributed by atoms with E-state index in [1.54, 1.807) is 11.8 Å². The number of hydrogen-bond acceptors (Lipinski definition) is 9. The molecular formula is C25H35N5O3S. The molecule has 2 aromatic heterocycles. The number of rotatable bonds is 9. The molecule has 34 heavy (non-hydrogen) atoms. The molecule has 3 heterocycles. The molecule has 3 N–H and O–H groups in total. The number of aliphatic hydroxyl groups excluding tert-OH is 1. The summed E-state index contributed by atoms with van der Waals surface area (Å²) in [5.74, 6) is 1.62. The molecule has 0 spiro atoms. The number of pyridine rings is 1. The zero-order chi connectivity index (χ0) is 23.9. The monoisotopic (exact) mass is 485 g/mol. The molecule has 9 heteroatoms. The van der Waals surface area contributed by atoms with Gasteiger partial charge >= 0.3 is 0 Å². The summed E-state index contributed by atoms with van der Waals surface area (Å²) in [6, 6.07) is 6.26. The van der Waals surface area contributed by atoms with Gasteiger partial charge in [-0.25, -0.2) is 9.97 Å². The smallest absolute Gasteiger partial charge is 0.225 e. The lowest BCUT2D eigenvalue weighted by atomic mass is 9.93. The highest BCUT2D eigenvalue weighted by molar-refractivity contribution is 8.03. The summed E-state index contributed by atoms with van der Waals surface area (Å²) in [5, 5.41) is 18.8. The Labute approximate surface area is 206 Å². The molecule has 4 rings (SSSR count). The Kier molecular flexibility index (Phi) is 8.77. The van der Waals surface area contributed by atoms with Crippen LogP contribution in [0.1, 0.15) is 76.3 Å². The molecule has 0 amide bonds. The highest BCUT2D eigenvalue weighted by Gasteiger charge is 2.23. The normalized spacial score (nSPS) is 22.6. The second kappa shape index (κ2) is 12.0. The van der Waals surface area contributed by atoms with Crippen LogP contribution in [0.5, 0.6) is 0 Å². The fraction of sp³-hybridized carbons (Fsp3) is 0.560. The fourth-order valence-electron chi connectivity index (χ4n) is 4.26. The standard InChI is InChI=1S/C25H35N5O3S/c1-4-32-24(33-5-2)20-15-21(30-25(28-20)27-17-9-11-18(31)12-10-17)29-22-13-8-16(3)19-7-6-14-26-23(19)34-22/h6-7,13-18,24,31H,4-5,8-12H2,1-3H3,(H2,27,28,29,30). The Morgan fingerprint density at radius 3 is 2.65 bits per heavy atom. The number of nitrogens with zero attached hydrogens (tertiary/aromatic N) is 3. The SMILES string of the molecule is CCOC(OCC)c1cc(NC2=CCC(C)c3cccnc3S2)nc(NC2CCC(O)CC2)n1. The molecule has 0 aromatic carbocycles. The first kappa shape index (κ1) is 24.9. The summed E-state index contributed by atoms with van der Waals surface area (Å²) >= 11 is 1.62. The summed E-state index contributed by atoms with van der Waals surface area (Å²) in [6.07, 6.45) is 7.54. The minimum Gasteiger partial charge on any atom is -0.393 e. The van der Waals surface area contributed by atoms with E-state index in [0.29, 0.717) is 36.6 Å². The number of ether oxygens (including phenoxy) is 2. The maximum atomic E-state index is 9.85. The van der Waals surface area contributed by atoms with Crippen LogP contribution in [0, 0.1) is 0 Å². The lowest BCUT2D eigenvalue weighted by Gasteiger charge is -2.26. The third-order valence-electron chi connectivity index (χ3n) is 6.10. The van der Waals surface area contributed by atoms with Crippen LogP contribution < -0.4 is 10.6 Å². The van der Waals surface area contributed by atoms with Gasteiger partial charge in [0.2, 0.25) is 12.2 Å². The van der Waals surface area contributed by atoms with Crippen molar-refractivity contribution in [2.75, 3.05) is 23.8 Å². The average molecular weight is 486 g/mol. The summed E-state index contributed by atoms with van der Waals surface area (Å²) in [4.78, 5) is 14.1. The van der Waals surface area contributed by atoms with E-state index in [2.05, 4.69) is 34.7 Å². The van der Waals surface area contributed by atoms with Crippen LogP contribution in [0.15, 0.2) is 40.5 Å². The van der Waals surface area contributed by atoms with Crippen molar-refractivity contribution in [3.63, 3.8) is 0 Å². The van der Waals surface area contributed by atoms with E-state index in [0.717, 1.165) is 42.2 Å². The Bertz CT molecular complexity index is 975. The van der Waals surface area contributed by atoms with Gasteiger partial charge in [-0.1, -0.05) is 30.8 Å². The molecule has 1 aliphatic heterocycles. The van der Waals surface area contributed by atoms with E-state index in [-0.39, 0.29) is 12.1 Å². The van der Waals surface area contributed by atoms with Gasteiger partial charge in [0.15, 0.2) is 0 Å². The van der Waals surface area contributed by atoms with Gasteiger partial charge in [-0.2, -0.15) is 4.98 Å². The predicted octanol–water partition coefficient (Wildman–Crippen LogP) is 5.21. The molecular weight excluding hydrogens is 450 g/mol. The first-order chi connectivity index (χ1) is 16.6. The zero-order valence-corrected chi connectivity index (χ0v) is 21.0. The molecule has 1 fully saturated rings. The lowest BCUT2D eigenvalue weighted by molar-refractivity contribution is -0.142. The van der Waals surface area contributed by atoms with Crippen molar-refractivity contribution < 1.29 is 14.6 Å². The number of aromatic nitrogens is 3. The summed E-state index contributed by atoms with van der Waals surface area (Å²) in [5.41, 5.74) is 1.93. The highest BCUT2D eigenvalue weighted by atomic mass is 32.2. The van der Waals surface area contributed by atoms with Gasteiger partial charge in [0.25, 0.3) is 0 Å². The largest absolute Gasteiger partial charge is 0.393 e. The minimum atomic E-state index is -0.564. The maximum absolute atomic E-state index is 9.85. The first-order valence-electron chi connectivity index (χ1n) is 12.2. The third kappa shape index (κ3) is 6.47. The first-order valence-corrected chi connectivity index (χ1v) is 13.0. The number of nitrogens with one attached hydrogen (secondary N) is 2. The zero-order valence-electron chi connectivity index (χ0n) is 20.2. The quantitative estimate of drug-likeness (QED) is 0.413. The van der Waals surface area contributed by atoms with Crippen molar-refractivity contribution in [3.05, 3.63) is 46.8 Å². The van der Waals surface area contributed by atoms with Crippen LogP contribution >= 0.6 is 11.8 Å². The Balaban J connectivity index is 1.59. The Morgan fingerprint density at radius 1 is 1.15 bits per heavy atom. The van der Waals surface area contributed by atoms with Crippen molar-refractivity contribution in [3.8, 4) is 0 Å². The topological polar surface area (TPSA) is 101 Å². The van der Waals surface area contributed by atoms with Gasteiger partial charge in [-0.3, -0.25) is 0 Å². The van der Waals surface area contributed by atoms with Crippen LogP contribution in [-0.4, -0.2) is 45.4 Å². The number of allylic oxidation sites excluding steroid dienone is 1. The third-order valence-corrected chi connectivity index (χ3v) is 7.12. The van der Waals surface area contributed by atoms with Crippen molar-refractivity contribution in [1.82, 2.24) is 15.0 Å². The van der Waals surface area contributed by atoms with Crippen LogP contribution in [0.2, 0.25) is 0 Å². The Hall–Kier alpha value is -2.20. The van der Waals surface area contributed by atoms with Crippen LogP contribution in [0.25, 0.3) is 0 Å². The van der Waals surface area contributed by atoms with E-state index < -0.39 is 6.29 Å². The maximum Gasteiger partial charge on any atom is 0.225 e. The number of hydrogen-bond donors (Lipinski definition) is 3. The highest BCUT2D eigenvalue weighted by Crippen LogP contribution is 2.37. The van der Waals surface area contributed by atoms with E-state index in [9.17, 15) is 5.11 Å². The molecule has 2 aromatic rings. The van der Waals surface area contributed by atoms with Gasteiger partial charge in [-0.15, -0.1) is 0 Å². The molecule has 184 valence electrons. The van der Waals surface area contributed by atoms with Gasteiger partial charge in [0, 0.05) is 31.5 Å². The summed E-state index contributed by atoms with van der Waals surface area (Å²) in [6.45, 7) is 7.14. The van der Waals surface area contributed by atoms with Crippen LogP contribution in [-0.2, 0) is 9.47 Å². The van der Waals surface area contributed by atoms with Crippen molar-refractivity contribution >= 4 is 23.5 Å². The molecule has 0 saturated heterocycles. The molecule has 1 saturated carbocycles. The second-order valence-corrected chi connectivity index (χ2v) is 9.75. The molecule has 2 aliphatic rings. The van der Waals surface area contributed by atoms with E-state index in [4.69, 9.17) is 19.4 Å². The second-order valence-electron chi connectivity index (χ2n) is 8.72. The summed E-state index contributed by atoms with van der Waals surface area (Å²) < 4.78 is 11.6.